The topological polar surface area (TPSA) is 87.2 Å². The van der Waals surface area contributed by atoms with Crippen LogP contribution in [-0.2, 0) is 25.2 Å². The number of rotatable bonds is 7. The number of ether oxygens (including phenoxy) is 1. The summed E-state index contributed by atoms with van der Waals surface area (Å²) in [7, 11) is -3.79. The first-order chi connectivity index (χ1) is 16.1. The molecule has 7 nitrogen and oxygen atoms in total. The lowest BCUT2D eigenvalue weighted by Gasteiger charge is -2.38. The van der Waals surface area contributed by atoms with E-state index >= 15 is 0 Å². The van der Waals surface area contributed by atoms with Crippen LogP contribution in [0.1, 0.15) is 31.2 Å². The third-order valence-corrected chi connectivity index (χ3v) is 10.6. The van der Waals surface area contributed by atoms with Gasteiger partial charge < -0.3 is 14.7 Å². The highest BCUT2D eigenvalue weighted by Crippen LogP contribution is 2.38. The van der Waals surface area contributed by atoms with E-state index in [-0.39, 0.29) is 34.4 Å². The van der Waals surface area contributed by atoms with Crippen LogP contribution in [-0.4, -0.2) is 67.5 Å². The van der Waals surface area contributed by atoms with Gasteiger partial charge in [0.2, 0.25) is 15.9 Å². The monoisotopic (exact) mass is 610 g/mol. The van der Waals surface area contributed by atoms with E-state index < -0.39 is 15.6 Å². The van der Waals surface area contributed by atoms with E-state index in [1.807, 2.05) is 24.3 Å². The van der Waals surface area contributed by atoms with E-state index in [2.05, 4.69) is 15.9 Å². The third-order valence-electron chi connectivity index (χ3n) is 6.40. The molecule has 3 heterocycles. The number of piperidine rings is 1. The second-order valence-corrected chi connectivity index (χ2v) is 13.6. The summed E-state index contributed by atoms with van der Waals surface area (Å²) in [4.78, 5) is 14.4. The SMILES string of the molecule is O=C(COCC1CCCN1S(=O)(=O)c1cc(Cl)sc1Cl)N1CCC(O)(c2ccc(Br)cc2)CC1. The molecule has 2 fully saturated rings. The maximum atomic E-state index is 13.1. The zero-order valence-electron chi connectivity index (χ0n) is 18.3. The van der Waals surface area contributed by atoms with Crippen LogP contribution in [0.15, 0.2) is 39.7 Å². The molecule has 2 aromatic rings. The van der Waals surface area contributed by atoms with Gasteiger partial charge in [-0.2, -0.15) is 4.31 Å². The highest BCUT2D eigenvalue weighted by Gasteiger charge is 2.38. The Hall–Kier alpha value is -0.720. The van der Waals surface area contributed by atoms with Gasteiger partial charge in [0.1, 0.15) is 15.8 Å². The van der Waals surface area contributed by atoms with Gasteiger partial charge in [-0.05, 0) is 49.4 Å². The number of aliphatic hydroxyl groups is 1. The van der Waals surface area contributed by atoms with Crippen molar-refractivity contribution in [1.29, 1.82) is 0 Å². The standard InChI is InChI=1S/C22H25BrCl2N2O5S2/c23-16-5-3-15(4-6-16)22(29)7-10-26(11-8-22)20(28)14-32-13-17-2-1-9-27(17)34(30,31)18-12-19(24)33-21(18)25/h3-6,12,17,29H,1-2,7-11,13-14H2. The Balaban J connectivity index is 1.28. The van der Waals surface area contributed by atoms with Crippen LogP contribution in [0, 0.1) is 0 Å². The minimum atomic E-state index is -3.79. The van der Waals surface area contributed by atoms with E-state index in [9.17, 15) is 18.3 Å². The number of nitrogens with zero attached hydrogens (tertiary/aromatic N) is 2. The fourth-order valence-electron chi connectivity index (χ4n) is 4.47. The van der Waals surface area contributed by atoms with Gasteiger partial charge in [0.15, 0.2) is 0 Å². The van der Waals surface area contributed by atoms with E-state index in [0.717, 1.165) is 21.4 Å². The number of halogens is 3. The fourth-order valence-corrected chi connectivity index (χ4v) is 8.53. The van der Waals surface area contributed by atoms with Crippen molar-refractivity contribution in [1.82, 2.24) is 9.21 Å². The first kappa shape index (κ1) is 26.3. The van der Waals surface area contributed by atoms with Crippen molar-refractivity contribution in [3.05, 3.63) is 49.0 Å². The zero-order chi connectivity index (χ0) is 24.5. The molecule has 186 valence electrons. The maximum absolute atomic E-state index is 13.1. The summed E-state index contributed by atoms with van der Waals surface area (Å²) in [6.07, 6.45) is 2.24. The number of thiophene rings is 1. The summed E-state index contributed by atoms with van der Waals surface area (Å²) in [5.41, 5.74) is -0.114. The Labute approximate surface area is 221 Å². The van der Waals surface area contributed by atoms with Gasteiger partial charge in [-0.15, -0.1) is 11.3 Å². The van der Waals surface area contributed by atoms with Crippen molar-refractivity contribution in [3.63, 3.8) is 0 Å². The molecule has 2 saturated heterocycles. The lowest BCUT2D eigenvalue weighted by molar-refractivity contribution is -0.141. The summed E-state index contributed by atoms with van der Waals surface area (Å²) >= 11 is 16.4. The lowest BCUT2D eigenvalue weighted by atomic mass is 9.84. The number of hydrogen-bond acceptors (Lipinski definition) is 6. The molecular weight excluding hydrogens is 587 g/mol. The molecule has 2 aliphatic rings. The van der Waals surface area contributed by atoms with E-state index in [0.29, 0.717) is 49.7 Å². The van der Waals surface area contributed by atoms with Crippen LogP contribution in [0.5, 0.6) is 0 Å². The quantitative estimate of drug-likeness (QED) is 0.498. The molecule has 0 spiro atoms. The predicted molar refractivity (Wildman–Crippen MR) is 136 cm³/mol. The zero-order valence-corrected chi connectivity index (χ0v) is 23.0. The third kappa shape index (κ3) is 5.64. The second kappa shape index (κ2) is 10.7. The van der Waals surface area contributed by atoms with Gasteiger partial charge in [-0.3, -0.25) is 4.79 Å². The van der Waals surface area contributed by atoms with Crippen molar-refractivity contribution in [2.24, 2.45) is 0 Å². The largest absolute Gasteiger partial charge is 0.385 e. The van der Waals surface area contributed by atoms with Crippen LogP contribution >= 0.6 is 50.5 Å². The number of likely N-dealkylation sites (tertiary alicyclic amines) is 1. The fraction of sp³-hybridized carbons (Fsp3) is 0.500. The molecule has 2 aliphatic heterocycles. The number of benzene rings is 1. The van der Waals surface area contributed by atoms with Crippen LogP contribution in [0.25, 0.3) is 0 Å². The molecule has 12 heteroatoms. The summed E-state index contributed by atoms with van der Waals surface area (Å²) in [5.74, 6) is -0.169. The molecule has 1 N–H and O–H groups in total. The Bertz CT molecular complexity index is 1130. The lowest BCUT2D eigenvalue weighted by Crippen LogP contribution is -2.46. The Morgan fingerprint density at radius 3 is 2.50 bits per heavy atom. The van der Waals surface area contributed by atoms with Gasteiger partial charge in [0.25, 0.3) is 0 Å². The van der Waals surface area contributed by atoms with Crippen molar-refractivity contribution in [3.8, 4) is 0 Å². The number of sulfonamides is 1. The predicted octanol–water partition coefficient (Wildman–Crippen LogP) is 4.50. The molecule has 0 radical (unpaired) electrons. The maximum Gasteiger partial charge on any atom is 0.248 e. The molecular formula is C22H25BrCl2N2O5S2. The van der Waals surface area contributed by atoms with E-state index in [1.165, 1.54) is 10.4 Å². The minimum absolute atomic E-state index is 0.0127. The van der Waals surface area contributed by atoms with Crippen molar-refractivity contribution in [2.45, 2.75) is 42.2 Å². The highest BCUT2D eigenvalue weighted by atomic mass is 79.9. The number of carbonyl (C=O) groups excluding carboxylic acids is 1. The highest BCUT2D eigenvalue weighted by molar-refractivity contribution is 9.10. The molecule has 0 bridgehead atoms. The Morgan fingerprint density at radius 1 is 1.21 bits per heavy atom. The van der Waals surface area contributed by atoms with Crippen molar-refractivity contribution >= 4 is 66.4 Å². The molecule has 1 atom stereocenters. The minimum Gasteiger partial charge on any atom is -0.385 e. The summed E-state index contributed by atoms with van der Waals surface area (Å²) in [5, 5.41) is 11.0. The van der Waals surface area contributed by atoms with Gasteiger partial charge in [0, 0.05) is 30.1 Å². The first-order valence-electron chi connectivity index (χ1n) is 10.9. The molecule has 1 aromatic carbocycles. The summed E-state index contributed by atoms with van der Waals surface area (Å²) < 4.78 is 34.6. The molecule has 1 aromatic heterocycles. The normalized spacial score (nSPS) is 21.2. The molecule has 34 heavy (non-hydrogen) atoms. The Kier molecular flexibility index (Phi) is 8.31. The van der Waals surface area contributed by atoms with Crippen molar-refractivity contribution in [2.75, 3.05) is 32.8 Å². The van der Waals surface area contributed by atoms with E-state index in [4.69, 9.17) is 27.9 Å². The van der Waals surface area contributed by atoms with E-state index in [1.54, 1.807) is 4.90 Å². The molecule has 4 rings (SSSR count). The summed E-state index contributed by atoms with van der Waals surface area (Å²) in [6, 6.07) is 8.58. The van der Waals surface area contributed by atoms with Crippen LogP contribution < -0.4 is 0 Å². The average molecular weight is 612 g/mol. The van der Waals surface area contributed by atoms with Crippen LogP contribution in [0.3, 0.4) is 0 Å². The average Bonchev–Trinajstić information content (AvgIpc) is 3.41. The molecule has 0 saturated carbocycles. The van der Waals surface area contributed by atoms with Gasteiger partial charge in [-0.25, -0.2) is 8.42 Å². The van der Waals surface area contributed by atoms with Crippen molar-refractivity contribution < 1.29 is 23.1 Å². The van der Waals surface area contributed by atoms with Crippen LogP contribution in [0.4, 0.5) is 0 Å². The Morgan fingerprint density at radius 2 is 1.88 bits per heavy atom. The number of amides is 1. The second-order valence-electron chi connectivity index (χ2n) is 8.53. The van der Waals surface area contributed by atoms with Crippen LogP contribution in [0.2, 0.25) is 8.67 Å². The molecule has 0 aliphatic carbocycles. The van der Waals surface area contributed by atoms with Gasteiger partial charge >= 0.3 is 0 Å². The first-order valence-corrected chi connectivity index (χ1v) is 14.7. The molecule has 1 amide bonds. The van der Waals surface area contributed by atoms with Gasteiger partial charge in [0.05, 0.1) is 16.5 Å². The number of carbonyl (C=O) groups is 1. The number of hydrogen-bond donors (Lipinski definition) is 1. The summed E-state index contributed by atoms with van der Waals surface area (Å²) in [6.45, 7) is 1.21. The smallest absolute Gasteiger partial charge is 0.248 e. The molecule has 1 unspecified atom stereocenters. The van der Waals surface area contributed by atoms with Gasteiger partial charge in [-0.1, -0.05) is 51.3 Å².